The highest BCUT2D eigenvalue weighted by molar-refractivity contribution is 6.30. The van der Waals surface area contributed by atoms with E-state index in [0.717, 1.165) is 6.07 Å². The third kappa shape index (κ3) is 5.46. The molecule has 5 nitrogen and oxygen atoms in total. The number of phenols is 1. The van der Waals surface area contributed by atoms with Gasteiger partial charge in [0.15, 0.2) is 0 Å². The Hall–Kier alpha value is -2.60. The van der Waals surface area contributed by atoms with Crippen molar-refractivity contribution in [3.8, 4) is 5.75 Å². The first-order chi connectivity index (χ1) is 12.0. The van der Waals surface area contributed by atoms with Gasteiger partial charge < -0.3 is 15.7 Å². The molecule has 0 heterocycles. The van der Waals surface area contributed by atoms with Crippen LogP contribution in [0.2, 0.25) is 5.02 Å². The summed E-state index contributed by atoms with van der Waals surface area (Å²) in [5.41, 5.74) is -0.0174. The zero-order valence-electron chi connectivity index (χ0n) is 14.7. The van der Waals surface area contributed by atoms with Crippen LogP contribution in [-0.4, -0.2) is 22.5 Å². The van der Waals surface area contributed by atoms with Crippen LogP contribution in [0.25, 0.3) is 0 Å². The molecule has 0 aliphatic rings. The van der Waals surface area contributed by atoms with Crippen LogP contribution in [0.1, 0.15) is 36.7 Å². The summed E-state index contributed by atoms with van der Waals surface area (Å²) in [6.45, 7) is 5.48. The van der Waals surface area contributed by atoms with Crippen molar-refractivity contribution in [2.75, 3.05) is 5.32 Å². The van der Waals surface area contributed by atoms with Gasteiger partial charge in [0.2, 0.25) is 5.91 Å². The molecule has 2 amide bonds. The predicted octanol–water partition coefficient (Wildman–Crippen LogP) is 3.89. The molecule has 0 spiro atoms. The predicted molar refractivity (Wildman–Crippen MR) is 99.1 cm³/mol. The number of nitrogens with one attached hydrogen (secondary N) is 2. The van der Waals surface area contributed by atoms with Crippen LogP contribution in [0.3, 0.4) is 0 Å². The molecule has 0 atom stereocenters. The molecule has 2 rings (SSSR count). The SMILES string of the molecule is CC(C)(C)NC(=O)c1ccc(F)c(NC(=O)Cc2cc(Cl)ccc2O)c1. The van der Waals surface area contributed by atoms with E-state index in [1.165, 1.54) is 30.3 Å². The van der Waals surface area contributed by atoms with Gasteiger partial charge in [0.05, 0.1) is 12.1 Å². The third-order valence-electron chi connectivity index (χ3n) is 3.38. The molecular formula is C19H20ClFN2O3. The average Bonchev–Trinajstić information content (AvgIpc) is 2.51. The molecule has 2 aromatic carbocycles. The topological polar surface area (TPSA) is 78.4 Å². The van der Waals surface area contributed by atoms with Crippen molar-refractivity contribution < 1.29 is 19.1 Å². The van der Waals surface area contributed by atoms with Gasteiger partial charge in [-0.3, -0.25) is 9.59 Å². The number of hydrogen-bond acceptors (Lipinski definition) is 3. The van der Waals surface area contributed by atoms with E-state index in [1.807, 2.05) is 20.8 Å². The number of phenolic OH excluding ortho intramolecular Hbond substituents is 1. The molecule has 0 bridgehead atoms. The minimum atomic E-state index is -0.666. The highest BCUT2D eigenvalue weighted by Crippen LogP contribution is 2.23. The highest BCUT2D eigenvalue weighted by Gasteiger charge is 2.17. The molecule has 0 saturated carbocycles. The fraction of sp³-hybridized carbons (Fsp3) is 0.263. The molecule has 3 N–H and O–H groups in total. The quantitative estimate of drug-likeness (QED) is 0.755. The minimum Gasteiger partial charge on any atom is -0.508 e. The van der Waals surface area contributed by atoms with E-state index in [1.54, 1.807) is 0 Å². The molecule has 0 saturated heterocycles. The van der Waals surface area contributed by atoms with Crippen molar-refractivity contribution in [1.82, 2.24) is 5.32 Å². The number of halogens is 2. The average molecular weight is 379 g/mol. The molecule has 0 unspecified atom stereocenters. The second-order valence-electron chi connectivity index (χ2n) is 6.90. The summed E-state index contributed by atoms with van der Waals surface area (Å²) in [5.74, 6) is -1.67. The van der Waals surface area contributed by atoms with E-state index >= 15 is 0 Å². The number of benzene rings is 2. The van der Waals surface area contributed by atoms with Crippen LogP contribution in [0, 0.1) is 5.82 Å². The van der Waals surface area contributed by atoms with Gasteiger partial charge in [0.1, 0.15) is 11.6 Å². The highest BCUT2D eigenvalue weighted by atomic mass is 35.5. The summed E-state index contributed by atoms with van der Waals surface area (Å²) < 4.78 is 14.0. The molecule has 7 heteroatoms. The minimum absolute atomic E-state index is 0.0803. The van der Waals surface area contributed by atoms with Crippen LogP contribution >= 0.6 is 11.6 Å². The van der Waals surface area contributed by atoms with Gasteiger partial charge in [-0.05, 0) is 57.2 Å². The van der Waals surface area contributed by atoms with Crippen molar-refractivity contribution in [2.24, 2.45) is 0 Å². The first-order valence-corrected chi connectivity index (χ1v) is 8.32. The molecule has 0 aliphatic heterocycles. The Morgan fingerprint density at radius 3 is 2.50 bits per heavy atom. The van der Waals surface area contributed by atoms with Crippen molar-refractivity contribution in [3.05, 3.63) is 58.4 Å². The second kappa shape index (κ2) is 7.74. The molecular weight excluding hydrogens is 359 g/mol. The number of aromatic hydroxyl groups is 1. The van der Waals surface area contributed by atoms with Crippen molar-refractivity contribution in [3.63, 3.8) is 0 Å². The molecule has 0 aromatic heterocycles. The zero-order valence-corrected chi connectivity index (χ0v) is 15.4. The summed E-state index contributed by atoms with van der Waals surface area (Å²) in [7, 11) is 0. The maximum Gasteiger partial charge on any atom is 0.251 e. The maximum absolute atomic E-state index is 14.0. The van der Waals surface area contributed by atoms with E-state index in [4.69, 9.17) is 11.6 Å². The summed E-state index contributed by atoms with van der Waals surface area (Å²) >= 11 is 5.85. The van der Waals surface area contributed by atoms with E-state index in [-0.39, 0.29) is 29.3 Å². The number of amides is 2. The smallest absolute Gasteiger partial charge is 0.251 e. The Labute approximate surface area is 156 Å². The lowest BCUT2D eigenvalue weighted by atomic mass is 10.1. The number of hydrogen-bond donors (Lipinski definition) is 3. The molecule has 0 aliphatic carbocycles. The molecule has 2 aromatic rings. The Bertz CT molecular complexity index is 847. The number of carbonyl (C=O) groups excluding carboxylic acids is 2. The lowest BCUT2D eigenvalue weighted by Crippen LogP contribution is -2.40. The monoisotopic (exact) mass is 378 g/mol. The van der Waals surface area contributed by atoms with Gasteiger partial charge >= 0.3 is 0 Å². The third-order valence-corrected chi connectivity index (χ3v) is 3.62. The Kier molecular flexibility index (Phi) is 5.87. The largest absolute Gasteiger partial charge is 0.508 e. The van der Waals surface area contributed by atoms with Crippen molar-refractivity contribution in [2.45, 2.75) is 32.7 Å². The van der Waals surface area contributed by atoms with E-state index in [9.17, 15) is 19.1 Å². The van der Waals surface area contributed by atoms with Crippen molar-refractivity contribution >= 4 is 29.1 Å². The van der Waals surface area contributed by atoms with E-state index in [2.05, 4.69) is 10.6 Å². The first kappa shape index (κ1) is 19.7. The summed E-state index contributed by atoms with van der Waals surface area (Å²) in [6.07, 6.45) is -0.190. The lowest BCUT2D eigenvalue weighted by Gasteiger charge is -2.20. The van der Waals surface area contributed by atoms with Crippen LogP contribution < -0.4 is 10.6 Å². The normalized spacial score (nSPS) is 11.1. The van der Waals surface area contributed by atoms with Gasteiger partial charge in [-0.25, -0.2) is 4.39 Å². The summed E-state index contributed by atoms with van der Waals surface area (Å²) in [6, 6.07) is 8.06. The van der Waals surface area contributed by atoms with Gasteiger partial charge in [0, 0.05) is 21.7 Å². The van der Waals surface area contributed by atoms with Crippen LogP contribution in [0.15, 0.2) is 36.4 Å². The standard InChI is InChI=1S/C19H20ClFN2O3/c1-19(2,3)23-18(26)11-4-6-14(21)15(9-11)22-17(25)10-12-8-13(20)5-7-16(12)24/h4-9,24H,10H2,1-3H3,(H,22,25)(H,23,26). The Morgan fingerprint density at radius 1 is 1.15 bits per heavy atom. The van der Waals surface area contributed by atoms with E-state index < -0.39 is 17.3 Å². The zero-order chi connectivity index (χ0) is 19.5. The lowest BCUT2D eigenvalue weighted by molar-refractivity contribution is -0.115. The first-order valence-electron chi connectivity index (χ1n) is 7.94. The van der Waals surface area contributed by atoms with Gasteiger partial charge in [-0.15, -0.1) is 0 Å². The van der Waals surface area contributed by atoms with Gasteiger partial charge in [-0.2, -0.15) is 0 Å². The molecule has 26 heavy (non-hydrogen) atoms. The van der Waals surface area contributed by atoms with Crippen LogP contribution in [-0.2, 0) is 11.2 Å². The fourth-order valence-corrected chi connectivity index (χ4v) is 2.43. The number of rotatable bonds is 4. The summed E-state index contributed by atoms with van der Waals surface area (Å²) in [5, 5.41) is 15.3. The van der Waals surface area contributed by atoms with Crippen LogP contribution in [0.5, 0.6) is 5.75 Å². The van der Waals surface area contributed by atoms with Gasteiger partial charge in [0.25, 0.3) is 5.91 Å². The maximum atomic E-state index is 14.0. The number of carbonyl (C=O) groups is 2. The van der Waals surface area contributed by atoms with E-state index in [0.29, 0.717) is 10.6 Å². The van der Waals surface area contributed by atoms with Crippen molar-refractivity contribution in [1.29, 1.82) is 0 Å². The van der Waals surface area contributed by atoms with Gasteiger partial charge in [-0.1, -0.05) is 11.6 Å². The molecule has 138 valence electrons. The fourth-order valence-electron chi connectivity index (χ4n) is 2.24. The Balaban J connectivity index is 2.15. The Morgan fingerprint density at radius 2 is 1.85 bits per heavy atom. The second-order valence-corrected chi connectivity index (χ2v) is 7.33. The van der Waals surface area contributed by atoms with Crippen LogP contribution in [0.4, 0.5) is 10.1 Å². The summed E-state index contributed by atoms with van der Waals surface area (Å²) in [4.78, 5) is 24.4. The molecule has 0 fully saturated rings. The number of anilines is 1. The molecule has 0 radical (unpaired) electrons.